The van der Waals surface area contributed by atoms with Gasteiger partial charge in [-0.1, -0.05) is 29.8 Å². The summed E-state index contributed by atoms with van der Waals surface area (Å²) in [5, 5.41) is 7.88. The number of H-pyrrole nitrogens is 1. The number of halogens is 1. The summed E-state index contributed by atoms with van der Waals surface area (Å²) in [5.74, 6) is 2.71. The Morgan fingerprint density at radius 2 is 1.81 bits per heavy atom. The molecule has 3 aromatic carbocycles. The third-order valence-electron chi connectivity index (χ3n) is 4.74. The molecular formula is C23H20ClN3O3S. The molecule has 4 aromatic rings. The summed E-state index contributed by atoms with van der Waals surface area (Å²) in [6.45, 7) is 0.283. The molecule has 1 heterocycles. The zero-order chi connectivity index (χ0) is 21.8. The molecule has 0 radical (unpaired) electrons. The van der Waals surface area contributed by atoms with E-state index in [-0.39, 0.29) is 6.61 Å². The van der Waals surface area contributed by atoms with Crippen molar-refractivity contribution in [2.45, 2.75) is 6.61 Å². The highest BCUT2D eigenvalue weighted by atomic mass is 35.5. The zero-order valence-corrected chi connectivity index (χ0v) is 18.5. The van der Waals surface area contributed by atoms with Crippen molar-refractivity contribution >= 4 is 23.8 Å². The highest BCUT2D eigenvalue weighted by molar-refractivity contribution is 7.71. The van der Waals surface area contributed by atoms with Crippen LogP contribution in [0.3, 0.4) is 0 Å². The van der Waals surface area contributed by atoms with Gasteiger partial charge in [-0.3, -0.25) is 9.67 Å². The van der Waals surface area contributed by atoms with Crippen molar-refractivity contribution in [2.24, 2.45) is 0 Å². The predicted molar refractivity (Wildman–Crippen MR) is 123 cm³/mol. The molecule has 0 unspecified atom stereocenters. The van der Waals surface area contributed by atoms with E-state index in [0.717, 1.165) is 22.6 Å². The number of nitrogens with one attached hydrogen (secondary N) is 1. The fraction of sp³-hybridized carbons (Fsp3) is 0.130. The lowest BCUT2D eigenvalue weighted by molar-refractivity contribution is 0.297. The Balaban J connectivity index is 1.72. The van der Waals surface area contributed by atoms with Crippen molar-refractivity contribution in [3.05, 3.63) is 82.1 Å². The number of methoxy groups -OCH3 is 2. The molecule has 0 aliphatic heterocycles. The molecule has 0 spiro atoms. The fourth-order valence-corrected chi connectivity index (χ4v) is 3.66. The first-order chi connectivity index (χ1) is 15.1. The molecule has 0 amide bonds. The normalized spacial score (nSPS) is 10.7. The van der Waals surface area contributed by atoms with Crippen molar-refractivity contribution in [3.8, 4) is 34.3 Å². The van der Waals surface area contributed by atoms with Gasteiger partial charge in [0, 0.05) is 17.2 Å². The van der Waals surface area contributed by atoms with Crippen LogP contribution in [0.25, 0.3) is 17.1 Å². The largest absolute Gasteiger partial charge is 0.497 e. The molecule has 8 heteroatoms. The second-order valence-corrected chi connectivity index (χ2v) is 7.43. The number of aromatic amines is 1. The highest BCUT2D eigenvalue weighted by Crippen LogP contribution is 2.30. The van der Waals surface area contributed by atoms with Gasteiger partial charge in [0.25, 0.3) is 0 Å². The fourth-order valence-electron chi connectivity index (χ4n) is 3.23. The average Bonchev–Trinajstić information content (AvgIpc) is 3.19. The van der Waals surface area contributed by atoms with Crippen molar-refractivity contribution in [3.63, 3.8) is 0 Å². The molecule has 0 bridgehead atoms. The topological polar surface area (TPSA) is 61.3 Å². The molecule has 0 saturated heterocycles. The van der Waals surface area contributed by atoms with Gasteiger partial charge in [0.2, 0.25) is 0 Å². The van der Waals surface area contributed by atoms with Gasteiger partial charge in [0.1, 0.15) is 23.9 Å². The van der Waals surface area contributed by atoms with Gasteiger partial charge in [-0.15, -0.1) is 0 Å². The lowest BCUT2D eigenvalue weighted by Gasteiger charge is -2.13. The molecule has 0 saturated carbocycles. The first-order valence-corrected chi connectivity index (χ1v) is 10.3. The quantitative estimate of drug-likeness (QED) is 0.356. The van der Waals surface area contributed by atoms with Crippen LogP contribution in [0.15, 0.2) is 66.7 Å². The molecule has 158 valence electrons. The molecule has 1 N–H and O–H groups in total. The minimum atomic E-state index is 0.283. The van der Waals surface area contributed by atoms with Crippen LogP contribution < -0.4 is 14.2 Å². The molecule has 31 heavy (non-hydrogen) atoms. The Morgan fingerprint density at radius 3 is 2.58 bits per heavy atom. The van der Waals surface area contributed by atoms with E-state index in [4.69, 9.17) is 38.0 Å². The predicted octanol–water partition coefficient (Wildman–Crippen LogP) is 5.85. The Hall–Kier alpha value is -3.29. The minimum absolute atomic E-state index is 0.283. The molecule has 0 atom stereocenters. The van der Waals surface area contributed by atoms with E-state index in [9.17, 15) is 0 Å². The second kappa shape index (κ2) is 9.24. The number of benzene rings is 3. The van der Waals surface area contributed by atoms with Gasteiger partial charge in [0.05, 0.1) is 24.9 Å². The third kappa shape index (κ3) is 4.42. The maximum atomic E-state index is 6.21. The minimum Gasteiger partial charge on any atom is -0.497 e. The van der Waals surface area contributed by atoms with Crippen LogP contribution in [0.2, 0.25) is 5.02 Å². The van der Waals surface area contributed by atoms with Crippen LogP contribution in [0, 0.1) is 4.77 Å². The van der Waals surface area contributed by atoms with Crippen LogP contribution in [-0.2, 0) is 6.61 Å². The van der Waals surface area contributed by atoms with E-state index in [2.05, 4.69) is 10.2 Å². The molecular weight excluding hydrogens is 434 g/mol. The van der Waals surface area contributed by atoms with Crippen LogP contribution in [0.4, 0.5) is 0 Å². The second-order valence-electron chi connectivity index (χ2n) is 6.63. The first kappa shape index (κ1) is 21.0. The summed E-state index contributed by atoms with van der Waals surface area (Å²) < 4.78 is 19.1. The summed E-state index contributed by atoms with van der Waals surface area (Å²) in [6.07, 6.45) is 0. The number of nitrogens with zero attached hydrogens (tertiary/aromatic N) is 2. The SMILES string of the molecule is COc1cccc(-n2c(-c3ccc(OC)c(COc4ccccc4Cl)c3)n[nH]c2=S)c1. The van der Waals surface area contributed by atoms with E-state index < -0.39 is 0 Å². The number of rotatable bonds is 7. The van der Waals surface area contributed by atoms with E-state index in [0.29, 0.717) is 27.1 Å². The van der Waals surface area contributed by atoms with Gasteiger partial charge in [-0.25, -0.2) is 0 Å². The number of para-hydroxylation sites is 1. The van der Waals surface area contributed by atoms with Gasteiger partial charge in [-0.2, -0.15) is 5.10 Å². The van der Waals surface area contributed by atoms with Crippen LogP contribution >= 0.6 is 23.8 Å². The van der Waals surface area contributed by atoms with E-state index in [1.807, 2.05) is 65.2 Å². The van der Waals surface area contributed by atoms with E-state index >= 15 is 0 Å². The maximum Gasteiger partial charge on any atom is 0.200 e. The van der Waals surface area contributed by atoms with Crippen molar-refractivity contribution in [2.75, 3.05) is 14.2 Å². The standard InChI is InChI=1S/C23H20ClN3O3S/c1-28-18-7-5-6-17(13-18)27-22(25-26-23(27)31)15-10-11-20(29-2)16(12-15)14-30-21-9-4-3-8-19(21)24/h3-13H,14H2,1-2H3,(H,26,31). The molecule has 0 aliphatic rings. The van der Waals surface area contributed by atoms with Crippen molar-refractivity contribution in [1.29, 1.82) is 0 Å². The Morgan fingerprint density at radius 1 is 0.968 bits per heavy atom. The molecule has 0 fully saturated rings. The zero-order valence-electron chi connectivity index (χ0n) is 17.0. The lowest BCUT2D eigenvalue weighted by atomic mass is 10.1. The summed E-state index contributed by atoms with van der Waals surface area (Å²) in [4.78, 5) is 0. The Kier molecular flexibility index (Phi) is 6.25. The summed E-state index contributed by atoms with van der Waals surface area (Å²) in [5.41, 5.74) is 2.55. The number of hydrogen-bond donors (Lipinski definition) is 1. The van der Waals surface area contributed by atoms with Crippen molar-refractivity contribution in [1.82, 2.24) is 14.8 Å². The molecule has 4 rings (SSSR count). The molecule has 6 nitrogen and oxygen atoms in total. The lowest BCUT2D eigenvalue weighted by Crippen LogP contribution is -2.02. The van der Waals surface area contributed by atoms with Crippen LogP contribution in [-0.4, -0.2) is 29.0 Å². The van der Waals surface area contributed by atoms with E-state index in [1.165, 1.54) is 0 Å². The highest BCUT2D eigenvalue weighted by Gasteiger charge is 2.15. The monoisotopic (exact) mass is 453 g/mol. The third-order valence-corrected chi connectivity index (χ3v) is 5.33. The smallest absolute Gasteiger partial charge is 0.200 e. The summed E-state index contributed by atoms with van der Waals surface area (Å²) >= 11 is 11.7. The van der Waals surface area contributed by atoms with Crippen molar-refractivity contribution < 1.29 is 14.2 Å². The summed E-state index contributed by atoms with van der Waals surface area (Å²) in [6, 6.07) is 20.8. The van der Waals surface area contributed by atoms with E-state index in [1.54, 1.807) is 20.3 Å². The van der Waals surface area contributed by atoms with Gasteiger partial charge in [0.15, 0.2) is 10.6 Å². The maximum absolute atomic E-state index is 6.21. The van der Waals surface area contributed by atoms with Crippen LogP contribution in [0.5, 0.6) is 17.2 Å². The van der Waals surface area contributed by atoms with Gasteiger partial charge in [-0.05, 0) is 54.7 Å². The Bertz CT molecular complexity index is 1270. The average molecular weight is 454 g/mol. The van der Waals surface area contributed by atoms with Gasteiger partial charge < -0.3 is 14.2 Å². The first-order valence-electron chi connectivity index (χ1n) is 9.47. The van der Waals surface area contributed by atoms with Gasteiger partial charge >= 0.3 is 0 Å². The Labute approximate surface area is 190 Å². The molecule has 0 aliphatic carbocycles. The number of hydrogen-bond acceptors (Lipinski definition) is 5. The number of aromatic nitrogens is 3. The van der Waals surface area contributed by atoms with Crippen LogP contribution in [0.1, 0.15) is 5.56 Å². The molecule has 1 aromatic heterocycles. The summed E-state index contributed by atoms with van der Waals surface area (Å²) in [7, 11) is 3.25. The number of ether oxygens (including phenoxy) is 3.